The molecule has 142 valence electrons. The van der Waals surface area contributed by atoms with E-state index >= 15 is 0 Å². The smallest absolute Gasteiger partial charge is 0.389 e. The Kier molecular flexibility index (Phi) is 7.53. The molecule has 1 atom stereocenters. The maximum Gasteiger partial charge on any atom is 0.416 e. The Balaban J connectivity index is 1.74. The number of piperazine rings is 1. The number of nitrogens with zero attached hydrogens (tertiary/aromatic N) is 2. The SMILES string of the molecule is CCCCOCC(O)CN1CCN(c2ccc(C(F)(F)F)cc2)CC1. The Hall–Kier alpha value is -1.31. The van der Waals surface area contributed by atoms with Crippen molar-refractivity contribution in [3.63, 3.8) is 0 Å². The summed E-state index contributed by atoms with van der Waals surface area (Å²) in [7, 11) is 0. The number of benzene rings is 1. The molecule has 0 aliphatic carbocycles. The number of alkyl halides is 3. The van der Waals surface area contributed by atoms with Crippen LogP contribution in [0.25, 0.3) is 0 Å². The number of anilines is 1. The minimum atomic E-state index is -4.30. The first-order valence-corrected chi connectivity index (χ1v) is 8.80. The summed E-state index contributed by atoms with van der Waals surface area (Å²) in [4.78, 5) is 4.23. The maximum atomic E-state index is 12.6. The Morgan fingerprint density at radius 3 is 2.32 bits per heavy atom. The molecule has 1 aromatic carbocycles. The molecule has 1 aromatic rings. The van der Waals surface area contributed by atoms with E-state index in [1.165, 1.54) is 12.1 Å². The van der Waals surface area contributed by atoms with E-state index in [0.29, 0.717) is 19.8 Å². The lowest BCUT2D eigenvalue weighted by atomic mass is 10.1. The number of rotatable bonds is 8. The van der Waals surface area contributed by atoms with Crippen molar-refractivity contribution in [3.05, 3.63) is 29.8 Å². The van der Waals surface area contributed by atoms with Crippen LogP contribution in [0.4, 0.5) is 18.9 Å². The molecule has 0 saturated carbocycles. The van der Waals surface area contributed by atoms with Gasteiger partial charge in [0.25, 0.3) is 0 Å². The zero-order chi connectivity index (χ0) is 18.3. The second-order valence-electron chi connectivity index (χ2n) is 6.41. The Morgan fingerprint density at radius 1 is 1.12 bits per heavy atom. The minimum Gasteiger partial charge on any atom is -0.389 e. The summed E-state index contributed by atoms with van der Waals surface area (Å²) in [5.41, 5.74) is 0.178. The Labute approximate surface area is 147 Å². The first kappa shape index (κ1) is 20.0. The third kappa shape index (κ3) is 6.49. The van der Waals surface area contributed by atoms with Crippen molar-refractivity contribution in [3.8, 4) is 0 Å². The normalized spacial score (nSPS) is 17.7. The molecule has 1 N–H and O–H groups in total. The Bertz CT molecular complexity index is 500. The van der Waals surface area contributed by atoms with Crippen LogP contribution in [0.2, 0.25) is 0 Å². The molecule has 1 aliphatic heterocycles. The highest BCUT2D eigenvalue weighted by atomic mass is 19.4. The van der Waals surface area contributed by atoms with E-state index in [1.807, 2.05) is 0 Å². The number of aliphatic hydroxyl groups is 1. The molecule has 25 heavy (non-hydrogen) atoms. The molecule has 1 fully saturated rings. The molecule has 1 saturated heterocycles. The van der Waals surface area contributed by atoms with Crippen molar-refractivity contribution >= 4 is 5.69 Å². The van der Waals surface area contributed by atoms with E-state index in [4.69, 9.17) is 4.74 Å². The van der Waals surface area contributed by atoms with Gasteiger partial charge in [0.15, 0.2) is 0 Å². The summed E-state index contributed by atoms with van der Waals surface area (Å²) in [5, 5.41) is 10.0. The molecule has 0 bridgehead atoms. The highest BCUT2D eigenvalue weighted by Crippen LogP contribution is 2.30. The lowest BCUT2D eigenvalue weighted by molar-refractivity contribution is -0.137. The van der Waals surface area contributed by atoms with E-state index in [-0.39, 0.29) is 0 Å². The van der Waals surface area contributed by atoms with Gasteiger partial charge in [0, 0.05) is 45.0 Å². The number of unbranched alkanes of at least 4 members (excludes halogenated alkanes) is 1. The van der Waals surface area contributed by atoms with Crippen LogP contribution in [-0.4, -0.2) is 62.0 Å². The van der Waals surface area contributed by atoms with E-state index in [2.05, 4.69) is 16.7 Å². The summed E-state index contributed by atoms with van der Waals surface area (Å²) in [6, 6.07) is 5.29. The fourth-order valence-electron chi connectivity index (χ4n) is 2.87. The molecule has 2 rings (SSSR count). The number of β-amino-alcohol motifs (C(OH)–C–C–N with tert-alkyl or cyclic N) is 1. The molecular weight excluding hydrogens is 333 g/mol. The highest BCUT2D eigenvalue weighted by Gasteiger charge is 2.30. The molecule has 0 spiro atoms. The molecule has 0 radical (unpaired) electrons. The fourth-order valence-corrected chi connectivity index (χ4v) is 2.87. The van der Waals surface area contributed by atoms with Crippen molar-refractivity contribution in [1.29, 1.82) is 0 Å². The lowest BCUT2D eigenvalue weighted by Crippen LogP contribution is -2.49. The third-order valence-corrected chi connectivity index (χ3v) is 4.35. The number of ether oxygens (including phenoxy) is 1. The van der Waals surface area contributed by atoms with Gasteiger partial charge >= 0.3 is 6.18 Å². The second kappa shape index (κ2) is 9.40. The number of aliphatic hydroxyl groups excluding tert-OH is 1. The topological polar surface area (TPSA) is 35.9 Å². The van der Waals surface area contributed by atoms with E-state index in [1.54, 1.807) is 0 Å². The molecular formula is C18H27F3N2O2. The zero-order valence-corrected chi connectivity index (χ0v) is 14.6. The summed E-state index contributed by atoms with van der Waals surface area (Å²) >= 11 is 0. The van der Waals surface area contributed by atoms with Gasteiger partial charge in [-0.25, -0.2) is 0 Å². The van der Waals surface area contributed by atoms with Crippen molar-refractivity contribution in [1.82, 2.24) is 4.90 Å². The molecule has 1 aliphatic rings. The lowest BCUT2D eigenvalue weighted by Gasteiger charge is -2.37. The average Bonchev–Trinajstić information content (AvgIpc) is 2.59. The van der Waals surface area contributed by atoms with Crippen molar-refractivity contribution in [2.75, 3.05) is 50.8 Å². The minimum absolute atomic E-state index is 0.346. The third-order valence-electron chi connectivity index (χ3n) is 4.35. The van der Waals surface area contributed by atoms with Crippen LogP contribution < -0.4 is 4.90 Å². The summed E-state index contributed by atoms with van der Waals surface area (Å²) in [6.07, 6.45) is -2.73. The van der Waals surface area contributed by atoms with Crippen LogP contribution in [0, 0.1) is 0 Å². The van der Waals surface area contributed by atoms with Crippen LogP contribution in [0.5, 0.6) is 0 Å². The summed E-state index contributed by atoms with van der Waals surface area (Å²) in [5.74, 6) is 0. The van der Waals surface area contributed by atoms with Gasteiger partial charge in [0.2, 0.25) is 0 Å². The molecule has 0 amide bonds. The van der Waals surface area contributed by atoms with Crippen LogP contribution in [-0.2, 0) is 10.9 Å². The molecule has 1 unspecified atom stereocenters. The van der Waals surface area contributed by atoms with E-state index in [0.717, 1.165) is 56.8 Å². The fraction of sp³-hybridized carbons (Fsp3) is 0.667. The molecule has 1 heterocycles. The average molecular weight is 360 g/mol. The Morgan fingerprint density at radius 2 is 1.76 bits per heavy atom. The van der Waals surface area contributed by atoms with Crippen LogP contribution in [0.3, 0.4) is 0 Å². The first-order valence-electron chi connectivity index (χ1n) is 8.80. The first-order chi connectivity index (χ1) is 11.9. The van der Waals surface area contributed by atoms with E-state index in [9.17, 15) is 18.3 Å². The summed E-state index contributed by atoms with van der Waals surface area (Å²) < 4.78 is 43.3. The summed E-state index contributed by atoms with van der Waals surface area (Å²) in [6.45, 7) is 6.68. The zero-order valence-electron chi connectivity index (χ0n) is 14.6. The molecule has 7 heteroatoms. The van der Waals surface area contributed by atoms with Crippen LogP contribution >= 0.6 is 0 Å². The predicted octanol–water partition coefficient (Wildman–Crippen LogP) is 3.01. The van der Waals surface area contributed by atoms with Crippen LogP contribution in [0.15, 0.2) is 24.3 Å². The van der Waals surface area contributed by atoms with Gasteiger partial charge in [-0.2, -0.15) is 13.2 Å². The number of hydrogen-bond donors (Lipinski definition) is 1. The van der Waals surface area contributed by atoms with Crippen molar-refractivity contribution in [2.45, 2.75) is 32.0 Å². The van der Waals surface area contributed by atoms with Gasteiger partial charge in [-0.1, -0.05) is 13.3 Å². The predicted molar refractivity (Wildman–Crippen MR) is 91.8 cm³/mol. The standard InChI is InChI=1S/C18H27F3N2O2/c1-2-3-12-25-14-17(24)13-22-8-10-23(11-9-22)16-6-4-15(5-7-16)18(19,20)21/h4-7,17,24H,2-3,8-14H2,1H3. The monoisotopic (exact) mass is 360 g/mol. The van der Waals surface area contributed by atoms with Gasteiger partial charge in [0.1, 0.15) is 0 Å². The van der Waals surface area contributed by atoms with Gasteiger partial charge in [-0.05, 0) is 30.7 Å². The second-order valence-corrected chi connectivity index (χ2v) is 6.41. The van der Waals surface area contributed by atoms with Crippen molar-refractivity contribution < 1.29 is 23.0 Å². The highest BCUT2D eigenvalue weighted by molar-refractivity contribution is 5.48. The van der Waals surface area contributed by atoms with Crippen molar-refractivity contribution in [2.24, 2.45) is 0 Å². The largest absolute Gasteiger partial charge is 0.416 e. The van der Waals surface area contributed by atoms with Gasteiger partial charge < -0.3 is 14.7 Å². The van der Waals surface area contributed by atoms with Gasteiger partial charge in [0.05, 0.1) is 18.3 Å². The maximum absolute atomic E-state index is 12.6. The van der Waals surface area contributed by atoms with E-state index < -0.39 is 17.8 Å². The van der Waals surface area contributed by atoms with Gasteiger partial charge in [-0.15, -0.1) is 0 Å². The van der Waals surface area contributed by atoms with Crippen LogP contribution in [0.1, 0.15) is 25.3 Å². The molecule has 0 aromatic heterocycles. The quantitative estimate of drug-likeness (QED) is 0.723. The number of halogens is 3. The molecule has 4 nitrogen and oxygen atoms in total. The van der Waals surface area contributed by atoms with Gasteiger partial charge in [-0.3, -0.25) is 4.90 Å². The number of hydrogen-bond acceptors (Lipinski definition) is 4.